The van der Waals surface area contributed by atoms with Crippen molar-refractivity contribution in [3.63, 3.8) is 0 Å². The van der Waals surface area contributed by atoms with E-state index < -0.39 is 0 Å². The van der Waals surface area contributed by atoms with Crippen molar-refractivity contribution in [2.45, 2.75) is 17.8 Å². The van der Waals surface area contributed by atoms with Crippen molar-refractivity contribution in [2.24, 2.45) is 0 Å². The monoisotopic (exact) mass is 470 g/mol. The third-order valence-corrected chi connectivity index (χ3v) is 6.21. The van der Waals surface area contributed by atoms with E-state index in [0.29, 0.717) is 26.8 Å². The first kappa shape index (κ1) is 19.2. The van der Waals surface area contributed by atoms with Gasteiger partial charge in [0.2, 0.25) is 0 Å². The molecule has 28 heavy (non-hydrogen) atoms. The number of thioether (sulfide) groups is 1. The molecular formula is C22H16BrClN2OS. The Morgan fingerprint density at radius 3 is 2.57 bits per heavy atom. The van der Waals surface area contributed by atoms with E-state index in [9.17, 15) is 4.79 Å². The molecule has 1 heterocycles. The summed E-state index contributed by atoms with van der Waals surface area (Å²) in [5, 5.41) is 1.77. The van der Waals surface area contributed by atoms with Crippen molar-refractivity contribution in [3.05, 3.63) is 97.7 Å². The molecule has 140 valence electrons. The summed E-state index contributed by atoms with van der Waals surface area (Å²) in [4.78, 5) is 18.1. The summed E-state index contributed by atoms with van der Waals surface area (Å²) < 4.78 is 2.74. The van der Waals surface area contributed by atoms with Crippen molar-refractivity contribution >= 4 is 50.2 Å². The summed E-state index contributed by atoms with van der Waals surface area (Å²) in [6.45, 7) is 2.00. The maximum absolute atomic E-state index is 13.3. The Hall–Kier alpha value is -2.08. The van der Waals surface area contributed by atoms with Crippen LogP contribution in [0.4, 0.5) is 0 Å². The Balaban J connectivity index is 1.87. The van der Waals surface area contributed by atoms with Crippen molar-refractivity contribution in [1.29, 1.82) is 0 Å². The van der Waals surface area contributed by atoms with Crippen LogP contribution < -0.4 is 5.56 Å². The number of hydrogen-bond donors (Lipinski definition) is 0. The third kappa shape index (κ3) is 3.88. The van der Waals surface area contributed by atoms with E-state index in [0.717, 1.165) is 21.3 Å². The number of aromatic nitrogens is 2. The number of para-hydroxylation sites is 1. The molecule has 6 heteroatoms. The zero-order chi connectivity index (χ0) is 19.7. The fourth-order valence-electron chi connectivity index (χ4n) is 2.99. The number of rotatable bonds is 4. The quantitative estimate of drug-likeness (QED) is 0.255. The molecule has 4 rings (SSSR count). The average Bonchev–Trinajstić information content (AvgIpc) is 2.68. The predicted octanol–water partition coefficient (Wildman–Crippen LogP) is 6.40. The van der Waals surface area contributed by atoms with Crippen molar-refractivity contribution in [2.75, 3.05) is 0 Å². The van der Waals surface area contributed by atoms with E-state index in [4.69, 9.17) is 16.6 Å². The minimum absolute atomic E-state index is 0.0886. The molecule has 0 unspecified atom stereocenters. The molecule has 1 aromatic heterocycles. The summed E-state index contributed by atoms with van der Waals surface area (Å²) in [5.41, 5.74) is 3.54. The molecule has 3 nitrogen and oxygen atoms in total. The summed E-state index contributed by atoms with van der Waals surface area (Å²) in [7, 11) is 0. The van der Waals surface area contributed by atoms with E-state index in [1.54, 1.807) is 22.8 Å². The molecule has 0 spiro atoms. The maximum Gasteiger partial charge on any atom is 0.266 e. The molecule has 0 aliphatic rings. The first-order valence-corrected chi connectivity index (χ1v) is 10.8. The number of halogens is 2. The first-order valence-electron chi connectivity index (χ1n) is 8.68. The molecule has 0 saturated heterocycles. The molecule has 4 aromatic rings. The van der Waals surface area contributed by atoms with Gasteiger partial charge in [0.15, 0.2) is 5.16 Å². The topological polar surface area (TPSA) is 34.9 Å². The number of nitrogens with zero attached hydrogens (tertiary/aromatic N) is 2. The highest BCUT2D eigenvalue weighted by molar-refractivity contribution is 9.10. The fraction of sp³-hybridized carbons (Fsp3) is 0.0909. The highest BCUT2D eigenvalue weighted by atomic mass is 79.9. The van der Waals surface area contributed by atoms with E-state index in [1.807, 2.05) is 43.3 Å². The van der Waals surface area contributed by atoms with Gasteiger partial charge < -0.3 is 0 Å². The van der Waals surface area contributed by atoms with Crippen LogP contribution in [0.1, 0.15) is 11.1 Å². The van der Waals surface area contributed by atoms with Crippen LogP contribution in [0.2, 0.25) is 5.02 Å². The molecule has 0 amide bonds. The molecule has 0 aliphatic heterocycles. The van der Waals surface area contributed by atoms with Crippen LogP contribution in [-0.4, -0.2) is 9.55 Å². The Bertz CT molecular complexity index is 1220. The van der Waals surface area contributed by atoms with E-state index in [2.05, 4.69) is 28.1 Å². The van der Waals surface area contributed by atoms with Gasteiger partial charge in [0.1, 0.15) is 0 Å². The molecule has 0 aliphatic carbocycles. The number of benzene rings is 3. The summed E-state index contributed by atoms with van der Waals surface area (Å²) >= 11 is 11.1. The number of aryl methyl sites for hydroxylation is 1. The second-order valence-electron chi connectivity index (χ2n) is 6.40. The lowest BCUT2D eigenvalue weighted by molar-refractivity contribution is 0.814. The van der Waals surface area contributed by atoms with E-state index in [1.165, 1.54) is 11.8 Å². The number of fused-ring (bicyclic) bond motifs is 1. The maximum atomic E-state index is 13.3. The Kier molecular flexibility index (Phi) is 5.58. The van der Waals surface area contributed by atoms with Crippen molar-refractivity contribution < 1.29 is 0 Å². The predicted molar refractivity (Wildman–Crippen MR) is 121 cm³/mol. The Labute approximate surface area is 180 Å². The van der Waals surface area contributed by atoms with E-state index >= 15 is 0 Å². The van der Waals surface area contributed by atoms with Gasteiger partial charge in [-0.15, -0.1) is 0 Å². The van der Waals surface area contributed by atoms with Crippen LogP contribution in [0.15, 0.2) is 81.2 Å². The van der Waals surface area contributed by atoms with Gasteiger partial charge in [0.25, 0.3) is 5.56 Å². The van der Waals surface area contributed by atoms with Gasteiger partial charge in [0.05, 0.1) is 16.6 Å². The molecular weight excluding hydrogens is 456 g/mol. The van der Waals surface area contributed by atoms with Crippen molar-refractivity contribution in [3.8, 4) is 5.69 Å². The molecule has 0 fully saturated rings. The minimum Gasteiger partial charge on any atom is -0.268 e. The summed E-state index contributed by atoms with van der Waals surface area (Å²) in [5.74, 6) is 0.706. The van der Waals surface area contributed by atoms with Gasteiger partial charge in [-0.2, -0.15) is 0 Å². The molecule has 0 atom stereocenters. The summed E-state index contributed by atoms with van der Waals surface area (Å²) in [6.07, 6.45) is 0. The molecule has 0 N–H and O–H groups in total. The molecule has 0 radical (unpaired) electrons. The Morgan fingerprint density at radius 1 is 1.07 bits per heavy atom. The first-order chi connectivity index (χ1) is 13.5. The van der Waals surface area contributed by atoms with E-state index in [-0.39, 0.29) is 5.56 Å². The molecule has 0 bridgehead atoms. The second-order valence-corrected chi connectivity index (χ2v) is 8.69. The van der Waals surface area contributed by atoms with Crippen LogP contribution in [0.25, 0.3) is 16.6 Å². The minimum atomic E-state index is -0.0886. The average molecular weight is 472 g/mol. The molecule has 3 aromatic carbocycles. The lowest BCUT2D eigenvalue weighted by atomic mass is 10.2. The van der Waals surface area contributed by atoms with Crippen LogP contribution in [0, 0.1) is 6.92 Å². The van der Waals surface area contributed by atoms with Gasteiger partial charge >= 0.3 is 0 Å². The van der Waals surface area contributed by atoms with Gasteiger partial charge in [0, 0.05) is 15.2 Å². The Morgan fingerprint density at radius 2 is 1.82 bits per heavy atom. The zero-order valence-corrected chi connectivity index (χ0v) is 18.2. The van der Waals surface area contributed by atoms with Gasteiger partial charge in [-0.25, -0.2) is 4.98 Å². The fourth-order valence-corrected chi connectivity index (χ4v) is 4.38. The van der Waals surface area contributed by atoms with Crippen LogP contribution >= 0.6 is 39.3 Å². The van der Waals surface area contributed by atoms with Crippen LogP contribution in [0.5, 0.6) is 0 Å². The molecule has 0 saturated carbocycles. The van der Waals surface area contributed by atoms with Crippen LogP contribution in [0.3, 0.4) is 0 Å². The van der Waals surface area contributed by atoms with Gasteiger partial charge in [-0.1, -0.05) is 69.6 Å². The normalized spacial score (nSPS) is 11.1. The third-order valence-electron chi connectivity index (χ3n) is 4.44. The largest absolute Gasteiger partial charge is 0.268 e. The zero-order valence-electron chi connectivity index (χ0n) is 15.0. The standard InChI is InChI=1S/C22H16BrClN2OS/c1-14-4-2-3-5-20(14)26-21(27)18-11-10-17(24)12-19(18)25-22(26)28-13-15-6-8-16(23)9-7-15/h2-12H,13H2,1H3. The van der Waals surface area contributed by atoms with Crippen molar-refractivity contribution in [1.82, 2.24) is 9.55 Å². The van der Waals surface area contributed by atoms with Gasteiger partial charge in [-0.3, -0.25) is 9.36 Å². The lowest BCUT2D eigenvalue weighted by Gasteiger charge is -2.15. The highest BCUT2D eigenvalue weighted by Gasteiger charge is 2.15. The van der Waals surface area contributed by atoms with Crippen LogP contribution in [-0.2, 0) is 5.75 Å². The smallest absolute Gasteiger partial charge is 0.266 e. The second kappa shape index (κ2) is 8.11. The highest BCUT2D eigenvalue weighted by Crippen LogP contribution is 2.27. The summed E-state index contributed by atoms with van der Waals surface area (Å²) in [6, 6.07) is 21.2. The lowest BCUT2D eigenvalue weighted by Crippen LogP contribution is -2.22. The SMILES string of the molecule is Cc1ccccc1-n1c(SCc2ccc(Br)cc2)nc2cc(Cl)ccc2c1=O. The van der Waals surface area contributed by atoms with Gasteiger partial charge in [-0.05, 0) is 54.4 Å². The number of hydrogen-bond acceptors (Lipinski definition) is 3.